The fraction of sp³-hybridized carbons (Fsp3) is 0.333. The van der Waals surface area contributed by atoms with Crippen molar-refractivity contribution in [3.05, 3.63) is 46.1 Å². The number of anilines is 1. The number of nitrogens with two attached hydrogens (primary N) is 1. The second kappa shape index (κ2) is 12.7. The number of methoxy groups -OCH3 is 2. The van der Waals surface area contributed by atoms with E-state index >= 15 is 0 Å². The van der Waals surface area contributed by atoms with Crippen molar-refractivity contribution in [2.75, 3.05) is 39.2 Å². The molecule has 0 fully saturated rings. The maximum Gasteiger partial charge on any atom is 0.188 e. The van der Waals surface area contributed by atoms with Crippen molar-refractivity contribution in [1.29, 1.82) is 0 Å². The summed E-state index contributed by atoms with van der Waals surface area (Å²) in [7, 11) is 3.22. The van der Waals surface area contributed by atoms with Crippen LogP contribution < -0.4 is 25.8 Å². The van der Waals surface area contributed by atoms with E-state index in [0.717, 1.165) is 12.0 Å². The van der Waals surface area contributed by atoms with Gasteiger partial charge in [0.25, 0.3) is 0 Å². The Bertz CT molecular complexity index is 793. The third kappa shape index (κ3) is 7.76. The van der Waals surface area contributed by atoms with Crippen LogP contribution >= 0.6 is 47.2 Å². The summed E-state index contributed by atoms with van der Waals surface area (Å²) < 4.78 is 10.5. The summed E-state index contributed by atoms with van der Waals surface area (Å²) in [5, 5.41) is 7.10. The van der Waals surface area contributed by atoms with Crippen molar-refractivity contribution in [3.63, 3.8) is 0 Å². The van der Waals surface area contributed by atoms with Gasteiger partial charge in [0.05, 0.1) is 24.3 Å². The molecule has 1 heterocycles. The molecule has 0 atom stereocenters. The van der Waals surface area contributed by atoms with Crippen molar-refractivity contribution in [2.45, 2.75) is 6.42 Å². The molecule has 2 rings (SSSR count). The first-order valence-electron chi connectivity index (χ1n) is 8.33. The van der Waals surface area contributed by atoms with Gasteiger partial charge in [-0.15, -0.1) is 24.0 Å². The van der Waals surface area contributed by atoms with E-state index in [1.54, 1.807) is 20.3 Å². The molecule has 10 heteroatoms. The monoisotopic (exact) mass is 539 g/mol. The van der Waals surface area contributed by atoms with Crippen LogP contribution in [0.25, 0.3) is 0 Å². The SMILES string of the molecule is COc1ccc(CCN=C(N)NCCNc2ncc(Cl)cc2Cl)cc1OC.I. The summed E-state index contributed by atoms with van der Waals surface area (Å²) in [4.78, 5) is 8.44. The van der Waals surface area contributed by atoms with Gasteiger partial charge in [0.1, 0.15) is 5.82 Å². The molecule has 28 heavy (non-hydrogen) atoms. The molecule has 7 nitrogen and oxygen atoms in total. The van der Waals surface area contributed by atoms with Crippen LogP contribution in [0.15, 0.2) is 35.5 Å². The smallest absolute Gasteiger partial charge is 0.188 e. The summed E-state index contributed by atoms with van der Waals surface area (Å²) in [5.74, 6) is 2.36. The number of nitrogens with zero attached hydrogens (tertiary/aromatic N) is 2. The molecule has 1 aromatic carbocycles. The highest BCUT2D eigenvalue weighted by atomic mass is 127. The van der Waals surface area contributed by atoms with E-state index in [2.05, 4.69) is 20.6 Å². The summed E-state index contributed by atoms with van der Waals surface area (Å²) in [6, 6.07) is 7.43. The molecule has 4 N–H and O–H groups in total. The number of hydrogen-bond donors (Lipinski definition) is 3. The number of pyridine rings is 1. The van der Waals surface area contributed by atoms with E-state index in [1.807, 2.05) is 18.2 Å². The lowest BCUT2D eigenvalue weighted by atomic mass is 10.1. The Balaban J connectivity index is 0.00000392. The lowest BCUT2D eigenvalue weighted by Gasteiger charge is -2.10. The number of rotatable bonds is 9. The summed E-state index contributed by atoms with van der Waals surface area (Å²) in [6.07, 6.45) is 2.28. The maximum atomic E-state index is 6.04. The molecular formula is C18H24Cl2IN5O2. The number of halogens is 3. The Morgan fingerprint density at radius 3 is 2.57 bits per heavy atom. The predicted molar refractivity (Wildman–Crippen MR) is 126 cm³/mol. The van der Waals surface area contributed by atoms with Crippen LogP contribution in [-0.2, 0) is 6.42 Å². The molecule has 1 aromatic heterocycles. The Hall–Kier alpha value is -1.65. The Labute approximate surface area is 192 Å². The van der Waals surface area contributed by atoms with Gasteiger partial charge in [0.15, 0.2) is 17.5 Å². The number of nitrogens with one attached hydrogen (secondary N) is 2. The molecule has 0 aliphatic heterocycles. The van der Waals surface area contributed by atoms with Gasteiger partial charge in [-0.25, -0.2) is 4.98 Å². The van der Waals surface area contributed by atoms with Crippen LogP contribution in [0.4, 0.5) is 5.82 Å². The average Bonchev–Trinajstić information content (AvgIpc) is 2.66. The van der Waals surface area contributed by atoms with Gasteiger partial charge < -0.3 is 25.8 Å². The third-order valence-corrected chi connectivity index (χ3v) is 4.16. The van der Waals surface area contributed by atoms with Crippen molar-refractivity contribution >= 4 is 59.0 Å². The molecule has 0 amide bonds. The Morgan fingerprint density at radius 2 is 1.89 bits per heavy atom. The number of guanidine groups is 1. The number of hydrogen-bond acceptors (Lipinski definition) is 5. The predicted octanol–water partition coefficient (Wildman–Crippen LogP) is 3.58. The largest absolute Gasteiger partial charge is 0.493 e. The van der Waals surface area contributed by atoms with Gasteiger partial charge in [-0.2, -0.15) is 0 Å². The van der Waals surface area contributed by atoms with Gasteiger partial charge in [0, 0.05) is 25.8 Å². The van der Waals surface area contributed by atoms with E-state index in [1.165, 1.54) is 6.20 Å². The minimum absolute atomic E-state index is 0. The fourth-order valence-electron chi connectivity index (χ4n) is 2.31. The number of aromatic nitrogens is 1. The third-order valence-electron chi connectivity index (χ3n) is 3.66. The van der Waals surface area contributed by atoms with Crippen molar-refractivity contribution in [2.24, 2.45) is 10.7 Å². The molecule has 2 aromatic rings. The van der Waals surface area contributed by atoms with Gasteiger partial charge in [-0.05, 0) is 30.2 Å². The first-order chi connectivity index (χ1) is 13.0. The second-order valence-electron chi connectivity index (χ2n) is 5.54. The van der Waals surface area contributed by atoms with Crippen molar-refractivity contribution in [1.82, 2.24) is 10.3 Å². The Kier molecular flexibility index (Phi) is 11.1. The van der Waals surface area contributed by atoms with E-state index in [0.29, 0.717) is 53.0 Å². The first kappa shape index (κ1) is 24.4. The standard InChI is InChI=1S/C18H23Cl2N5O2.HI/c1-26-15-4-3-12(9-16(15)27-2)5-6-23-18(21)24-8-7-22-17-14(20)10-13(19)11-25-17;/h3-4,9-11H,5-8H2,1-2H3,(H,22,25)(H3,21,23,24);1H. The molecule has 0 saturated carbocycles. The van der Waals surface area contributed by atoms with Crippen LogP contribution in [0, 0.1) is 0 Å². The summed E-state index contributed by atoms with van der Waals surface area (Å²) >= 11 is 11.9. The summed E-state index contributed by atoms with van der Waals surface area (Å²) in [6.45, 7) is 1.72. The highest BCUT2D eigenvalue weighted by Crippen LogP contribution is 2.27. The number of benzene rings is 1. The lowest BCUT2D eigenvalue weighted by molar-refractivity contribution is 0.354. The van der Waals surface area contributed by atoms with Crippen molar-refractivity contribution < 1.29 is 9.47 Å². The topological polar surface area (TPSA) is 93.8 Å². The van der Waals surface area contributed by atoms with Gasteiger partial charge >= 0.3 is 0 Å². The zero-order valence-electron chi connectivity index (χ0n) is 15.7. The van der Waals surface area contributed by atoms with E-state index in [4.69, 9.17) is 38.4 Å². The van der Waals surface area contributed by atoms with E-state index in [9.17, 15) is 0 Å². The molecule has 0 bridgehead atoms. The maximum absolute atomic E-state index is 6.04. The molecule has 0 spiro atoms. The molecule has 0 unspecified atom stereocenters. The van der Waals surface area contributed by atoms with Crippen LogP contribution in [0.1, 0.15) is 5.56 Å². The minimum Gasteiger partial charge on any atom is -0.493 e. The zero-order chi connectivity index (χ0) is 19.6. The van der Waals surface area contributed by atoms with E-state index in [-0.39, 0.29) is 24.0 Å². The van der Waals surface area contributed by atoms with E-state index < -0.39 is 0 Å². The van der Waals surface area contributed by atoms with Crippen LogP contribution in [0.3, 0.4) is 0 Å². The van der Waals surface area contributed by atoms with Crippen molar-refractivity contribution in [3.8, 4) is 11.5 Å². The minimum atomic E-state index is 0. The van der Waals surface area contributed by atoms with Crippen LogP contribution in [0.2, 0.25) is 10.0 Å². The van der Waals surface area contributed by atoms with Crippen LogP contribution in [-0.4, -0.2) is 44.8 Å². The molecule has 0 radical (unpaired) electrons. The quantitative estimate of drug-likeness (QED) is 0.195. The number of aliphatic imine (C=N–C) groups is 1. The highest BCUT2D eigenvalue weighted by molar-refractivity contribution is 14.0. The molecule has 0 aliphatic carbocycles. The lowest BCUT2D eigenvalue weighted by Crippen LogP contribution is -2.35. The fourth-order valence-corrected chi connectivity index (χ4v) is 2.76. The second-order valence-corrected chi connectivity index (χ2v) is 6.39. The Morgan fingerprint density at radius 1 is 1.14 bits per heavy atom. The summed E-state index contributed by atoms with van der Waals surface area (Å²) in [5.41, 5.74) is 6.97. The first-order valence-corrected chi connectivity index (χ1v) is 9.08. The van der Waals surface area contributed by atoms with Gasteiger partial charge in [-0.3, -0.25) is 4.99 Å². The van der Waals surface area contributed by atoms with Crippen LogP contribution in [0.5, 0.6) is 11.5 Å². The molecule has 154 valence electrons. The normalized spacial score (nSPS) is 10.8. The average molecular weight is 540 g/mol. The number of ether oxygens (including phenoxy) is 2. The zero-order valence-corrected chi connectivity index (χ0v) is 19.5. The van der Waals surface area contributed by atoms with Gasteiger partial charge in [-0.1, -0.05) is 29.3 Å². The molecule has 0 aliphatic rings. The molecule has 0 saturated heterocycles. The van der Waals surface area contributed by atoms with Gasteiger partial charge in [0.2, 0.25) is 0 Å². The molecular weight excluding hydrogens is 516 g/mol. The highest BCUT2D eigenvalue weighted by Gasteiger charge is 2.04.